The van der Waals surface area contributed by atoms with Crippen molar-refractivity contribution in [3.05, 3.63) is 35.5 Å². The summed E-state index contributed by atoms with van der Waals surface area (Å²) in [6.07, 6.45) is -0.980. The Labute approximate surface area is 194 Å². The van der Waals surface area contributed by atoms with E-state index in [9.17, 15) is 19.2 Å². The number of nitrogens with one attached hydrogen (secondary N) is 2. The summed E-state index contributed by atoms with van der Waals surface area (Å²) in [4.78, 5) is 56.0. The molecule has 34 heavy (non-hydrogen) atoms. The number of hydrogen-bond acceptors (Lipinski definition) is 9. The van der Waals surface area contributed by atoms with Gasteiger partial charge in [0.15, 0.2) is 11.5 Å². The highest BCUT2D eigenvalue weighted by Gasteiger charge is 2.73. The molecule has 5 rings (SSSR count). The SMILES string of the molecule is COC12C(COC(N)=O)C3=C(C(=O)C(C)C(=Nc4ccc(NC(N)=O)cc4)C3=O)N1CC1NC12. The number of urea groups is 1. The Bertz CT molecular complexity index is 1180. The maximum Gasteiger partial charge on any atom is 0.404 e. The molecule has 4 aliphatic rings. The minimum Gasteiger partial charge on any atom is -0.449 e. The van der Waals surface area contributed by atoms with Crippen molar-refractivity contribution < 1.29 is 28.7 Å². The minimum absolute atomic E-state index is 0.0798. The van der Waals surface area contributed by atoms with Crippen LogP contribution in [0.1, 0.15) is 6.92 Å². The molecule has 0 bridgehead atoms. The second-order valence-corrected chi connectivity index (χ2v) is 8.71. The molecule has 3 heterocycles. The van der Waals surface area contributed by atoms with Gasteiger partial charge in [0.1, 0.15) is 6.61 Å². The van der Waals surface area contributed by atoms with E-state index in [2.05, 4.69) is 15.6 Å². The fourth-order valence-electron chi connectivity index (χ4n) is 5.43. The molecule has 2 fully saturated rings. The summed E-state index contributed by atoms with van der Waals surface area (Å²) in [6.45, 7) is 1.93. The largest absolute Gasteiger partial charge is 0.449 e. The number of aliphatic imine (C=N–C) groups is 1. The smallest absolute Gasteiger partial charge is 0.404 e. The lowest BCUT2D eigenvalue weighted by atomic mass is 9.78. The highest BCUT2D eigenvalue weighted by atomic mass is 16.6. The fourth-order valence-corrected chi connectivity index (χ4v) is 5.43. The highest BCUT2D eigenvalue weighted by Crippen LogP contribution is 2.55. The first-order valence-corrected chi connectivity index (χ1v) is 10.8. The molecule has 12 heteroatoms. The van der Waals surface area contributed by atoms with E-state index in [4.69, 9.17) is 20.9 Å². The van der Waals surface area contributed by atoms with Gasteiger partial charge >= 0.3 is 12.1 Å². The predicted molar refractivity (Wildman–Crippen MR) is 119 cm³/mol. The van der Waals surface area contributed by atoms with Crippen LogP contribution in [0.2, 0.25) is 0 Å². The van der Waals surface area contributed by atoms with E-state index in [1.807, 2.05) is 4.90 Å². The molecule has 5 unspecified atom stereocenters. The van der Waals surface area contributed by atoms with Gasteiger partial charge in [0, 0.05) is 31.0 Å². The summed E-state index contributed by atoms with van der Waals surface area (Å²) >= 11 is 0. The van der Waals surface area contributed by atoms with Crippen LogP contribution in [-0.2, 0) is 19.1 Å². The zero-order valence-corrected chi connectivity index (χ0v) is 18.5. The number of nitrogens with zero attached hydrogens (tertiary/aromatic N) is 2. The van der Waals surface area contributed by atoms with E-state index in [1.165, 1.54) is 7.11 Å². The number of amides is 3. The van der Waals surface area contributed by atoms with Crippen molar-refractivity contribution in [2.45, 2.75) is 24.7 Å². The van der Waals surface area contributed by atoms with Gasteiger partial charge in [0.05, 0.1) is 35.0 Å². The number of nitrogens with two attached hydrogens (primary N) is 2. The van der Waals surface area contributed by atoms with Gasteiger partial charge in [0.25, 0.3) is 0 Å². The standard InChI is InChI=1S/C22H24N6O6/c1-9-15(25-10-3-5-11(6-4-10)26-20(23)31)18(30)14-12(8-34-21(24)32)22(33-2)19-13(27-19)7-28(22)16(14)17(9)29/h3-6,9,12-13,19,27H,7-8H2,1-2H3,(H2,24,32)(H3,23,26,31). The number of primary amides is 2. The summed E-state index contributed by atoms with van der Waals surface area (Å²) < 4.78 is 11.1. The number of piperazine rings is 1. The molecular weight excluding hydrogens is 444 g/mol. The van der Waals surface area contributed by atoms with Crippen LogP contribution < -0.4 is 22.1 Å². The molecular formula is C22H24N6O6. The second kappa shape index (κ2) is 7.64. The van der Waals surface area contributed by atoms with Crippen LogP contribution in [-0.4, -0.2) is 72.4 Å². The summed E-state index contributed by atoms with van der Waals surface area (Å²) in [5.74, 6) is -2.15. The molecule has 3 amide bonds. The third-order valence-corrected chi connectivity index (χ3v) is 6.92. The number of rotatable bonds is 5. The number of ether oxygens (including phenoxy) is 2. The Kier molecular flexibility index (Phi) is 4.95. The van der Waals surface area contributed by atoms with Crippen molar-refractivity contribution in [2.24, 2.45) is 28.3 Å². The monoisotopic (exact) mass is 468 g/mol. The number of Topliss-reactive ketones (excluding diaryl/α,β-unsaturated/α-hetero) is 2. The lowest BCUT2D eigenvalue weighted by Crippen LogP contribution is -2.55. The number of allylic oxidation sites excluding steroid dienone is 1. The Balaban J connectivity index is 1.55. The van der Waals surface area contributed by atoms with Crippen LogP contribution in [0.15, 0.2) is 40.5 Å². The molecule has 1 aliphatic carbocycles. The number of carbonyl (C=O) groups excluding carboxylic acids is 4. The number of methoxy groups -OCH3 is 1. The maximum absolute atomic E-state index is 13.8. The highest BCUT2D eigenvalue weighted by molar-refractivity contribution is 6.53. The zero-order chi connectivity index (χ0) is 24.4. The summed E-state index contributed by atoms with van der Waals surface area (Å²) in [5, 5.41) is 5.76. The number of hydrogen-bond donors (Lipinski definition) is 4. The number of fused-ring (bicyclic) bond motifs is 4. The van der Waals surface area contributed by atoms with Crippen molar-refractivity contribution in [1.29, 1.82) is 0 Å². The second-order valence-electron chi connectivity index (χ2n) is 8.71. The van der Waals surface area contributed by atoms with Crippen LogP contribution in [0.5, 0.6) is 0 Å². The lowest BCUT2D eigenvalue weighted by Gasteiger charge is -2.39. The van der Waals surface area contributed by atoms with E-state index in [0.29, 0.717) is 23.6 Å². The quantitative estimate of drug-likeness (QED) is 0.435. The number of ketones is 2. The average Bonchev–Trinajstić information content (AvgIpc) is 3.40. The molecule has 1 aromatic carbocycles. The Morgan fingerprint density at radius 2 is 1.97 bits per heavy atom. The van der Waals surface area contributed by atoms with Gasteiger partial charge in [-0.05, 0) is 31.2 Å². The van der Waals surface area contributed by atoms with Gasteiger partial charge in [0.2, 0.25) is 5.78 Å². The normalized spacial score (nSPS) is 32.4. The molecule has 0 radical (unpaired) electrons. The first-order valence-electron chi connectivity index (χ1n) is 10.8. The molecule has 12 nitrogen and oxygen atoms in total. The molecule has 5 atom stereocenters. The van der Waals surface area contributed by atoms with E-state index in [1.54, 1.807) is 31.2 Å². The third-order valence-electron chi connectivity index (χ3n) is 6.92. The zero-order valence-electron chi connectivity index (χ0n) is 18.5. The summed E-state index contributed by atoms with van der Waals surface area (Å²) in [5.41, 5.74) is 10.8. The predicted octanol–water partition coefficient (Wildman–Crippen LogP) is 0.0155. The van der Waals surface area contributed by atoms with Crippen LogP contribution in [0, 0.1) is 11.8 Å². The number of anilines is 1. The van der Waals surface area contributed by atoms with E-state index < -0.39 is 35.5 Å². The lowest BCUT2D eigenvalue weighted by molar-refractivity contribution is -0.138. The van der Waals surface area contributed by atoms with Gasteiger partial charge < -0.3 is 36.5 Å². The van der Waals surface area contributed by atoms with Crippen LogP contribution in [0.4, 0.5) is 21.0 Å². The summed E-state index contributed by atoms with van der Waals surface area (Å²) in [6, 6.07) is 5.67. The molecule has 2 saturated heterocycles. The van der Waals surface area contributed by atoms with Gasteiger partial charge in [-0.15, -0.1) is 0 Å². The molecule has 0 spiro atoms. The van der Waals surface area contributed by atoms with Crippen LogP contribution >= 0.6 is 0 Å². The van der Waals surface area contributed by atoms with Crippen molar-refractivity contribution in [1.82, 2.24) is 10.2 Å². The van der Waals surface area contributed by atoms with Gasteiger partial charge in [-0.3, -0.25) is 9.59 Å². The van der Waals surface area contributed by atoms with Crippen LogP contribution in [0.3, 0.4) is 0 Å². The minimum atomic E-state index is -1.03. The molecule has 1 aromatic rings. The molecule has 3 aliphatic heterocycles. The van der Waals surface area contributed by atoms with Gasteiger partial charge in [-0.25, -0.2) is 14.6 Å². The van der Waals surface area contributed by atoms with Crippen molar-refractivity contribution >= 4 is 40.8 Å². The number of benzene rings is 1. The summed E-state index contributed by atoms with van der Waals surface area (Å²) in [7, 11) is 1.51. The third kappa shape index (κ3) is 3.10. The average molecular weight is 468 g/mol. The molecule has 0 aromatic heterocycles. The van der Waals surface area contributed by atoms with Crippen LogP contribution in [0.25, 0.3) is 0 Å². The Hall–Kier alpha value is -3.77. The number of carbonyl (C=O) groups is 4. The van der Waals surface area contributed by atoms with Gasteiger partial charge in [-0.2, -0.15) is 0 Å². The van der Waals surface area contributed by atoms with Crippen molar-refractivity contribution in [2.75, 3.05) is 25.6 Å². The topological polar surface area (TPSA) is 188 Å². The van der Waals surface area contributed by atoms with Crippen molar-refractivity contribution in [3.63, 3.8) is 0 Å². The molecule has 178 valence electrons. The first-order chi connectivity index (χ1) is 16.2. The Morgan fingerprint density at radius 1 is 1.26 bits per heavy atom. The van der Waals surface area contributed by atoms with Gasteiger partial charge in [-0.1, -0.05) is 0 Å². The first kappa shape index (κ1) is 22.0. The Morgan fingerprint density at radius 3 is 2.59 bits per heavy atom. The molecule has 0 saturated carbocycles. The maximum atomic E-state index is 13.8. The van der Waals surface area contributed by atoms with Crippen molar-refractivity contribution in [3.8, 4) is 0 Å². The fraction of sp³-hybridized carbons (Fsp3) is 0.409. The van der Waals surface area contributed by atoms with E-state index >= 15 is 0 Å². The molecule has 6 N–H and O–H groups in total. The van der Waals surface area contributed by atoms with E-state index in [-0.39, 0.29) is 35.8 Å². The van der Waals surface area contributed by atoms with E-state index in [0.717, 1.165) is 0 Å².